The van der Waals surface area contributed by atoms with Crippen LogP contribution >= 0.6 is 15.9 Å². The van der Waals surface area contributed by atoms with Gasteiger partial charge in [-0.2, -0.15) is 0 Å². The molecule has 4 nitrogen and oxygen atoms in total. The molecule has 1 aliphatic rings. The fraction of sp³-hybridized carbons (Fsp3) is 0.583. The maximum Gasteiger partial charge on any atom is 0.270 e. The smallest absolute Gasteiger partial charge is 0.270 e. The van der Waals surface area contributed by atoms with Gasteiger partial charge in [0.1, 0.15) is 5.69 Å². The molecule has 0 radical (unpaired) electrons. The number of nitrogens with zero attached hydrogens (tertiary/aromatic N) is 2. The summed E-state index contributed by atoms with van der Waals surface area (Å²) in [7, 11) is 4.15. The SMILES string of the molecule is CN(C)C1CCCN(C(=O)c2cc(Br)c[nH]2)C1. The molecule has 0 aromatic carbocycles. The monoisotopic (exact) mass is 299 g/mol. The zero-order valence-corrected chi connectivity index (χ0v) is 11.8. The Morgan fingerprint density at radius 1 is 1.59 bits per heavy atom. The van der Waals surface area contributed by atoms with Crippen molar-refractivity contribution >= 4 is 21.8 Å². The minimum absolute atomic E-state index is 0.0993. The molecule has 0 bridgehead atoms. The van der Waals surface area contributed by atoms with Crippen molar-refractivity contribution in [1.29, 1.82) is 0 Å². The van der Waals surface area contributed by atoms with Crippen LogP contribution in [0, 0.1) is 0 Å². The first-order valence-electron chi connectivity index (χ1n) is 5.87. The van der Waals surface area contributed by atoms with Crippen molar-refractivity contribution in [2.75, 3.05) is 27.2 Å². The third-order valence-electron chi connectivity index (χ3n) is 3.29. The van der Waals surface area contributed by atoms with Crippen LogP contribution in [-0.4, -0.2) is 53.9 Å². The molecular formula is C12H18BrN3O. The summed E-state index contributed by atoms with van der Waals surface area (Å²) >= 11 is 3.35. The van der Waals surface area contributed by atoms with Crippen molar-refractivity contribution in [3.05, 3.63) is 22.4 Å². The van der Waals surface area contributed by atoms with Gasteiger partial charge in [-0.25, -0.2) is 0 Å². The summed E-state index contributed by atoms with van der Waals surface area (Å²) in [5.41, 5.74) is 0.663. The van der Waals surface area contributed by atoms with Crippen molar-refractivity contribution in [3.8, 4) is 0 Å². The molecule has 1 N–H and O–H groups in total. The quantitative estimate of drug-likeness (QED) is 0.906. The van der Waals surface area contributed by atoms with Gasteiger partial charge in [0.05, 0.1) is 0 Å². The van der Waals surface area contributed by atoms with Crippen LogP contribution in [0.4, 0.5) is 0 Å². The molecule has 1 unspecified atom stereocenters. The average molecular weight is 300 g/mol. The highest BCUT2D eigenvalue weighted by Crippen LogP contribution is 2.18. The zero-order valence-electron chi connectivity index (χ0n) is 10.2. The molecule has 1 amide bonds. The highest BCUT2D eigenvalue weighted by molar-refractivity contribution is 9.10. The summed E-state index contributed by atoms with van der Waals surface area (Å²) in [6.07, 6.45) is 4.04. The van der Waals surface area contributed by atoms with Crippen LogP contribution in [0.1, 0.15) is 23.3 Å². The van der Waals surface area contributed by atoms with E-state index >= 15 is 0 Å². The number of nitrogens with one attached hydrogen (secondary N) is 1. The molecule has 1 aromatic rings. The number of likely N-dealkylation sites (N-methyl/N-ethyl adjacent to an activating group) is 1. The number of piperidine rings is 1. The predicted molar refractivity (Wildman–Crippen MR) is 71.1 cm³/mol. The van der Waals surface area contributed by atoms with Crippen LogP contribution in [0.5, 0.6) is 0 Å². The van der Waals surface area contributed by atoms with Crippen LogP contribution in [0.2, 0.25) is 0 Å². The lowest BCUT2D eigenvalue weighted by Gasteiger charge is -2.35. The number of likely N-dealkylation sites (tertiary alicyclic amines) is 1. The molecule has 2 heterocycles. The van der Waals surface area contributed by atoms with Crippen molar-refractivity contribution in [1.82, 2.24) is 14.8 Å². The molecule has 1 atom stereocenters. The Labute approximate surface area is 110 Å². The summed E-state index contributed by atoms with van der Waals surface area (Å²) in [5.74, 6) is 0.0993. The standard InChI is InChI=1S/C12H18BrN3O/c1-15(2)10-4-3-5-16(8-10)12(17)11-6-9(13)7-14-11/h6-7,10,14H,3-5,8H2,1-2H3. The molecule has 1 saturated heterocycles. The van der Waals surface area contributed by atoms with Gasteiger partial charge in [0.25, 0.3) is 5.91 Å². The van der Waals surface area contributed by atoms with E-state index in [2.05, 4.69) is 39.9 Å². The van der Waals surface area contributed by atoms with Crippen molar-refractivity contribution in [2.24, 2.45) is 0 Å². The molecular weight excluding hydrogens is 282 g/mol. The van der Waals surface area contributed by atoms with Crippen LogP contribution in [0.25, 0.3) is 0 Å². The minimum Gasteiger partial charge on any atom is -0.356 e. The largest absolute Gasteiger partial charge is 0.356 e. The summed E-state index contributed by atoms with van der Waals surface area (Å²) in [4.78, 5) is 19.4. The number of aromatic nitrogens is 1. The normalized spacial score (nSPS) is 20.9. The second-order valence-electron chi connectivity index (χ2n) is 4.74. The maximum absolute atomic E-state index is 12.2. The first kappa shape index (κ1) is 12.6. The van der Waals surface area contributed by atoms with E-state index in [-0.39, 0.29) is 5.91 Å². The second-order valence-corrected chi connectivity index (χ2v) is 5.66. The predicted octanol–water partition coefficient (Wildman–Crippen LogP) is 1.94. The number of rotatable bonds is 2. The second kappa shape index (κ2) is 5.23. The van der Waals surface area contributed by atoms with Gasteiger partial charge in [0.15, 0.2) is 0 Å². The van der Waals surface area contributed by atoms with Crippen LogP contribution in [0.3, 0.4) is 0 Å². The van der Waals surface area contributed by atoms with Gasteiger partial charge in [0, 0.05) is 29.8 Å². The van der Waals surface area contributed by atoms with Gasteiger partial charge in [-0.05, 0) is 48.9 Å². The van der Waals surface area contributed by atoms with E-state index in [1.807, 2.05) is 11.0 Å². The van der Waals surface area contributed by atoms with Gasteiger partial charge < -0.3 is 14.8 Å². The molecule has 1 aromatic heterocycles. The average Bonchev–Trinajstić information content (AvgIpc) is 2.75. The number of carbonyl (C=O) groups is 1. The number of amides is 1. The first-order valence-corrected chi connectivity index (χ1v) is 6.67. The number of H-pyrrole nitrogens is 1. The molecule has 2 rings (SSSR count). The van der Waals surface area contributed by atoms with Gasteiger partial charge >= 0.3 is 0 Å². The van der Waals surface area contributed by atoms with Gasteiger partial charge in [-0.1, -0.05) is 0 Å². The fourth-order valence-electron chi connectivity index (χ4n) is 2.22. The van der Waals surface area contributed by atoms with Gasteiger partial charge in [-0.15, -0.1) is 0 Å². The van der Waals surface area contributed by atoms with Gasteiger partial charge in [-0.3, -0.25) is 4.79 Å². The lowest BCUT2D eigenvalue weighted by atomic mass is 10.0. The molecule has 94 valence electrons. The van der Waals surface area contributed by atoms with Crippen LogP contribution < -0.4 is 0 Å². The highest BCUT2D eigenvalue weighted by Gasteiger charge is 2.26. The molecule has 17 heavy (non-hydrogen) atoms. The van der Waals surface area contributed by atoms with E-state index in [0.29, 0.717) is 11.7 Å². The van der Waals surface area contributed by atoms with Crippen molar-refractivity contribution in [2.45, 2.75) is 18.9 Å². The Hall–Kier alpha value is -0.810. The summed E-state index contributed by atoms with van der Waals surface area (Å²) in [6.45, 7) is 1.68. The van der Waals surface area contributed by atoms with E-state index in [1.54, 1.807) is 6.20 Å². The number of hydrogen-bond acceptors (Lipinski definition) is 2. The van der Waals surface area contributed by atoms with Crippen molar-refractivity contribution in [3.63, 3.8) is 0 Å². The molecule has 5 heteroatoms. The number of carbonyl (C=O) groups excluding carboxylic acids is 1. The highest BCUT2D eigenvalue weighted by atomic mass is 79.9. The molecule has 0 aliphatic carbocycles. The number of aromatic amines is 1. The Morgan fingerprint density at radius 2 is 2.35 bits per heavy atom. The van der Waals surface area contributed by atoms with Gasteiger partial charge in [0.2, 0.25) is 0 Å². The number of halogens is 1. The topological polar surface area (TPSA) is 39.3 Å². The summed E-state index contributed by atoms with van der Waals surface area (Å²) in [6, 6.07) is 2.31. The Kier molecular flexibility index (Phi) is 3.89. The molecule has 0 spiro atoms. The maximum atomic E-state index is 12.2. The fourth-order valence-corrected chi connectivity index (χ4v) is 2.57. The Balaban J connectivity index is 2.04. The lowest BCUT2D eigenvalue weighted by molar-refractivity contribution is 0.0630. The third kappa shape index (κ3) is 2.90. The van der Waals surface area contributed by atoms with E-state index in [0.717, 1.165) is 24.0 Å². The molecule has 1 aliphatic heterocycles. The summed E-state index contributed by atoms with van der Waals surface area (Å²) in [5, 5.41) is 0. The van der Waals surface area contributed by atoms with E-state index in [9.17, 15) is 4.79 Å². The zero-order chi connectivity index (χ0) is 12.4. The first-order chi connectivity index (χ1) is 8.08. The van der Waals surface area contributed by atoms with Crippen molar-refractivity contribution < 1.29 is 4.79 Å². The van der Waals surface area contributed by atoms with E-state index < -0.39 is 0 Å². The van der Waals surface area contributed by atoms with Crippen LogP contribution in [-0.2, 0) is 0 Å². The van der Waals surface area contributed by atoms with E-state index in [4.69, 9.17) is 0 Å². The Bertz CT molecular complexity index is 402. The lowest BCUT2D eigenvalue weighted by Crippen LogP contribution is -2.47. The number of hydrogen-bond donors (Lipinski definition) is 1. The van der Waals surface area contributed by atoms with Crippen LogP contribution in [0.15, 0.2) is 16.7 Å². The third-order valence-corrected chi connectivity index (χ3v) is 3.75. The Morgan fingerprint density at radius 3 is 2.94 bits per heavy atom. The molecule has 0 saturated carbocycles. The minimum atomic E-state index is 0.0993. The van der Waals surface area contributed by atoms with E-state index in [1.165, 1.54) is 6.42 Å². The molecule has 1 fully saturated rings. The summed E-state index contributed by atoms with van der Waals surface area (Å²) < 4.78 is 0.919.